The van der Waals surface area contributed by atoms with Crippen LogP contribution in [0.4, 0.5) is 13.2 Å². The van der Waals surface area contributed by atoms with Crippen LogP contribution in [-0.4, -0.2) is 15.7 Å². The van der Waals surface area contributed by atoms with Crippen molar-refractivity contribution in [3.05, 3.63) is 34.0 Å². The fourth-order valence-electron chi connectivity index (χ4n) is 1.97. The monoisotopic (exact) mass is 352 g/mol. The highest BCUT2D eigenvalue weighted by molar-refractivity contribution is 6.33. The summed E-state index contributed by atoms with van der Waals surface area (Å²) < 4.78 is 46.0. The van der Waals surface area contributed by atoms with Gasteiger partial charge in [0.25, 0.3) is 0 Å². The Morgan fingerprint density at radius 3 is 2.36 bits per heavy atom. The van der Waals surface area contributed by atoms with Crippen molar-refractivity contribution in [2.75, 3.05) is 0 Å². The van der Waals surface area contributed by atoms with Gasteiger partial charge >= 0.3 is 6.55 Å². The van der Waals surface area contributed by atoms with Crippen molar-refractivity contribution < 1.29 is 17.9 Å². The zero-order valence-corrected chi connectivity index (χ0v) is 13.5. The van der Waals surface area contributed by atoms with Crippen LogP contribution in [-0.2, 0) is 0 Å². The van der Waals surface area contributed by atoms with Crippen molar-refractivity contribution in [3.63, 3.8) is 0 Å². The van der Waals surface area contributed by atoms with E-state index in [1.54, 1.807) is 13.8 Å². The molecule has 0 fully saturated rings. The third-order valence-electron chi connectivity index (χ3n) is 2.86. The molecule has 0 aliphatic heterocycles. The molecule has 0 saturated carbocycles. The Morgan fingerprint density at radius 2 is 1.86 bits per heavy atom. The van der Waals surface area contributed by atoms with Crippen LogP contribution < -0.4 is 4.74 Å². The molecule has 0 saturated heterocycles. The molecule has 0 unspecified atom stereocenters. The van der Waals surface area contributed by atoms with Crippen LogP contribution >= 0.6 is 23.2 Å². The average Bonchev–Trinajstić information content (AvgIpc) is 2.67. The maximum absolute atomic E-state index is 14.1. The van der Waals surface area contributed by atoms with Gasteiger partial charge in [0.2, 0.25) is 0 Å². The maximum Gasteiger partial charge on any atom is 0.321 e. The molecule has 0 aliphatic carbocycles. The quantitative estimate of drug-likeness (QED) is 0.727. The number of hydrogen-bond acceptors (Lipinski definition) is 2. The fourth-order valence-corrected chi connectivity index (χ4v) is 2.51. The number of aromatic nitrogens is 2. The van der Waals surface area contributed by atoms with Crippen molar-refractivity contribution in [2.24, 2.45) is 0 Å². The molecule has 0 aliphatic rings. The lowest BCUT2D eigenvalue weighted by Crippen LogP contribution is -2.06. The van der Waals surface area contributed by atoms with Gasteiger partial charge in [-0.15, -0.1) is 0 Å². The summed E-state index contributed by atoms with van der Waals surface area (Å²) >= 11 is 11.8. The minimum Gasteiger partial charge on any atom is -0.489 e. The molecule has 8 heteroatoms. The highest BCUT2D eigenvalue weighted by atomic mass is 35.5. The molecule has 2 aromatic rings. The second kappa shape index (κ2) is 6.38. The predicted octanol–water partition coefficient (Wildman–Crippen LogP) is 5.49. The lowest BCUT2D eigenvalue weighted by molar-refractivity contribution is 0.0683. The van der Waals surface area contributed by atoms with Gasteiger partial charge in [-0.05, 0) is 32.9 Å². The van der Waals surface area contributed by atoms with E-state index in [9.17, 15) is 13.2 Å². The summed E-state index contributed by atoms with van der Waals surface area (Å²) in [6.07, 6.45) is -0.188. The van der Waals surface area contributed by atoms with E-state index in [1.807, 2.05) is 0 Å². The van der Waals surface area contributed by atoms with Gasteiger partial charge in [0, 0.05) is 5.56 Å². The number of aryl methyl sites for hydroxylation is 1. The van der Waals surface area contributed by atoms with Crippen LogP contribution in [0.3, 0.4) is 0 Å². The van der Waals surface area contributed by atoms with Crippen molar-refractivity contribution >= 4 is 23.2 Å². The third kappa shape index (κ3) is 3.17. The molecule has 3 nitrogen and oxygen atoms in total. The SMILES string of the molecule is Cc1nc(-c2cc(OC(C)C)c(Cl)cc2F)c(Cl)n1C(F)F. The Labute approximate surface area is 135 Å². The lowest BCUT2D eigenvalue weighted by atomic mass is 10.1. The van der Waals surface area contributed by atoms with Gasteiger partial charge in [0.1, 0.15) is 28.2 Å². The summed E-state index contributed by atoms with van der Waals surface area (Å²) in [4.78, 5) is 3.92. The highest BCUT2D eigenvalue weighted by Gasteiger charge is 2.23. The fraction of sp³-hybridized carbons (Fsp3) is 0.357. The second-order valence-electron chi connectivity index (χ2n) is 4.88. The van der Waals surface area contributed by atoms with Gasteiger partial charge in [0.05, 0.1) is 11.1 Å². The number of benzene rings is 1. The average molecular weight is 353 g/mol. The van der Waals surface area contributed by atoms with Crippen molar-refractivity contribution in [1.29, 1.82) is 0 Å². The second-order valence-corrected chi connectivity index (χ2v) is 5.64. The molecule has 0 amide bonds. The first kappa shape index (κ1) is 17.0. The molecule has 2 rings (SSSR count). The van der Waals surface area contributed by atoms with Crippen LogP contribution in [0, 0.1) is 12.7 Å². The highest BCUT2D eigenvalue weighted by Crippen LogP contribution is 2.37. The molecule has 1 aromatic carbocycles. The summed E-state index contributed by atoms with van der Waals surface area (Å²) in [6.45, 7) is 2.06. The van der Waals surface area contributed by atoms with E-state index in [2.05, 4.69) is 4.98 Å². The number of ether oxygens (including phenoxy) is 1. The molecular formula is C14H13Cl2F3N2O. The van der Waals surface area contributed by atoms with Gasteiger partial charge in [-0.2, -0.15) is 8.78 Å². The number of rotatable bonds is 4. The molecular weight excluding hydrogens is 340 g/mol. The van der Waals surface area contributed by atoms with Crippen molar-refractivity contribution in [3.8, 4) is 17.0 Å². The van der Waals surface area contributed by atoms with Gasteiger partial charge in [-0.1, -0.05) is 23.2 Å². The summed E-state index contributed by atoms with van der Waals surface area (Å²) in [5.41, 5.74) is -0.130. The van der Waals surface area contributed by atoms with Gasteiger partial charge in [-0.3, -0.25) is 4.57 Å². The van der Waals surface area contributed by atoms with E-state index in [-0.39, 0.29) is 39.1 Å². The molecule has 0 bridgehead atoms. The summed E-state index contributed by atoms with van der Waals surface area (Å²) in [7, 11) is 0. The smallest absolute Gasteiger partial charge is 0.321 e. The third-order valence-corrected chi connectivity index (χ3v) is 3.52. The first-order valence-corrected chi connectivity index (χ1v) is 7.16. The molecule has 22 heavy (non-hydrogen) atoms. The zero-order chi connectivity index (χ0) is 16.6. The van der Waals surface area contributed by atoms with Gasteiger partial charge in [0.15, 0.2) is 0 Å². The van der Waals surface area contributed by atoms with E-state index in [1.165, 1.54) is 13.0 Å². The van der Waals surface area contributed by atoms with Crippen LogP contribution in [0.25, 0.3) is 11.3 Å². The Hall–Kier alpha value is -1.40. The van der Waals surface area contributed by atoms with E-state index >= 15 is 0 Å². The summed E-state index contributed by atoms with van der Waals surface area (Å²) in [5, 5.41) is -0.264. The Balaban J connectivity index is 2.60. The van der Waals surface area contributed by atoms with E-state index < -0.39 is 12.4 Å². The summed E-state index contributed by atoms with van der Waals surface area (Å²) in [6, 6.07) is 2.35. The topological polar surface area (TPSA) is 27.1 Å². The normalized spacial score (nSPS) is 11.5. The number of nitrogens with zero attached hydrogens (tertiary/aromatic N) is 2. The van der Waals surface area contributed by atoms with E-state index in [4.69, 9.17) is 27.9 Å². The number of alkyl halides is 2. The van der Waals surface area contributed by atoms with Gasteiger partial charge in [-0.25, -0.2) is 9.37 Å². The molecule has 0 spiro atoms. The molecule has 120 valence electrons. The van der Waals surface area contributed by atoms with Crippen molar-refractivity contribution in [1.82, 2.24) is 9.55 Å². The zero-order valence-electron chi connectivity index (χ0n) is 12.0. The van der Waals surface area contributed by atoms with E-state index in [0.29, 0.717) is 4.57 Å². The first-order valence-electron chi connectivity index (χ1n) is 6.41. The Kier molecular flexibility index (Phi) is 4.92. The van der Waals surface area contributed by atoms with Crippen LogP contribution in [0.15, 0.2) is 12.1 Å². The molecule has 0 atom stereocenters. The van der Waals surface area contributed by atoms with E-state index in [0.717, 1.165) is 6.07 Å². The van der Waals surface area contributed by atoms with Gasteiger partial charge < -0.3 is 4.74 Å². The number of halogens is 5. The predicted molar refractivity (Wildman–Crippen MR) is 79.4 cm³/mol. The van der Waals surface area contributed by atoms with Crippen LogP contribution in [0.2, 0.25) is 10.2 Å². The first-order chi connectivity index (χ1) is 10.2. The summed E-state index contributed by atoms with van der Waals surface area (Å²) in [5.74, 6) is -0.508. The van der Waals surface area contributed by atoms with Crippen molar-refractivity contribution in [2.45, 2.75) is 33.4 Å². The molecule has 0 N–H and O–H groups in total. The molecule has 1 aromatic heterocycles. The number of imidazole rings is 1. The Bertz CT molecular complexity index is 702. The lowest BCUT2D eigenvalue weighted by Gasteiger charge is -2.13. The Morgan fingerprint density at radius 1 is 1.23 bits per heavy atom. The standard InChI is InChI=1S/C14H13Cl2F3N2O/c1-6(2)22-11-4-8(10(17)5-9(11)15)12-13(16)21(14(18)19)7(3)20-12/h4-6,14H,1-3H3. The molecule has 1 heterocycles. The minimum atomic E-state index is -2.87. The minimum absolute atomic E-state index is 0.0179. The number of hydrogen-bond donors (Lipinski definition) is 0. The van der Waals surface area contributed by atoms with Crippen LogP contribution in [0.5, 0.6) is 5.75 Å². The van der Waals surface area contributed by atoms with Crippen LogP contribution in [0.1, 0.15) is 26.2 Å². The largest absolute Gasteiger partial charge is 0.489 e. The molecule has 0 radical (unpaired) electrons. The maximum atomic E-state index is 14.1.